The zero-order valence-electron chi connectivity index (χ0n) is 16.2. The summed E-state index contributed by atoms with van der Waals surface area (Å²) in [5.74, 6) is 0. The van der Waals surface area contributed by atoms with E-state index >= 15 is 0 Å². The Balaban J connectivity index is 1.46. The fourth-order valence-electron chi connectivity index (χ4n) is 3.95. The minimum absolute atomic E-state index is 0.257. The molecule has 1 aromatic carbocycles. The first-order valence-electron chi connectivity index (χ1n) is 9.72. The van der Waals surface area contributed by atoms with Crippen molar-refractivity contribution in [3.63, 3.8) is 0 Å². The molecule has 152 valence electrons. The SMILES string of the molecule is Cn1nccc1CN1CCCC1c1ccc(Cc2cccc(C(F)(F)F)c2)cn1. The van der Waals surface area contributed by atoms with Crippen LogP contribution in [0.3, 0.4) is 0 Å². The van der Waals surface area contributed by atoms with E-state index in [-0.39, 0.29) is 6.04 Å². The van der Waals surface area contributed by atoms with E-state index in [4.69, 9.17) is 0 Å². The Kier molecular flexibility index (Phi) is 5.41. The molecule has 1 unspecified atom stereocenters. The van der Waals surface area contributed by atoms with Crippen molar-refractivity contribution in [1.82, 2.24) is 19.7 Å². The van der Waals surface area contributed by atoms with Crippen molar-refractivity contribution < 1.29 is 13.2 Å². The molecule has 0 amide bonds. The van der Waals surface area contributed by atoms with Gasteiger partial charge in [-0.1, -0.05) is 24.3 Å². The standard InChI is InChI=1S/C22H23F3N4/c1-28-19(9-10-27-28)15-29-11-3-6-21(29)20-8-7-17(14-26-20)12-16-4-2-5-18(13-16)22(23,24)25/h2,4-5,7-10,13-14,21H,3,6,11-12,15H2,1H3. The topological polar surface area (TPSA) is 34.0 Å². The minimum atomic E-state index is -4.32. The molecule has 1 fully saturated rings. The summed E-state index contributed by atoms with van der Waals surface area (Å²) in [7, 11) is 1.95. The van der Waals surface area contributed by atoms with Gasteiger partial charge in [-0.25, -0.2) is 0 Å². The van der Waals surface area contributed by atoms with Crippen LogP contribution >= 0.6 is 0 Å². The number of nitrogens with zero attached hydrogens (tertiary/aromatic N) is 4. The lowest BCUT2D eigenvalue weighted by atomic mass is 10.0. The van der Waals surface area contributed by atoms with Gasteiger partial charge in [0.1, 0.15) is 0 Å². The van der Waals surface area contributed by atoms with E-state index in [2.05, 4.69) is 15.0 Å². The van der Waals surface area contributed by atoms with E-state index in [1.807, 2.05) is 29.9 Å². The third kappa shape index (κ3) is 4.50. The number of pyridine rings is 1. The summed E-state index contributed by atoms with van der Waals surface area (Å²) >= 11 is 0. The molecule has 4 nitrogen and oxygen atoms in total. The number of hydrogen-bond acceptors (Lipinski definition) is 3. The highest BCUT2D eigenvalue weighted by Gasteiger charge is 2.30. The van der Waals surface area contributed by atoms with Crippen LogP contribution in [0.1, 0.15) is 47.0 Å². The number of halogens is 3. The van der Waals surface area contributed by atoms with Crippen molar-refractivity contribution >= 4 is 0 Å². The van der Waals surface area contributed by atoms with Crippen LogP contribution in [0.2, 0.25) is 0 Å². The Morgan fingerprint density at radius 2 is 1.97 bits per heavy atom. The highest BCUT2D eigenvalue weighted by atomic mass is 19.4. The highest BCUT2D eigenvalue weighted by Crippen LogP contribution is 2.33. The van der Waals surface area contributed by atoms with Crippen molar-refractivity contribution in [3.05, 3.63) is 82.9 Å². The zero-order valence-corrected chi connectivity index (χ0v) is 16.2. The van der Waals surface area contributed by atoms with Gasteiger partial charge in [0, 0.05) is 26.0 Å². The van der Waals surface area contributed by atoms with Crippen molar-refractivity contribution in [1.29, 1.82) is 0 Å². The third-order valence-electron chi connectivity index (χ3n) is 5.50. The van der Waals surface area contributed by atoms with Crippen LogP contribution in [-0.4, -0.2) is 26.2 Å². The van der Waals surface area contributed by atoms with Crippen LogP contribution in [0.15, 0.2) is 54.9 Å². The van der Waals surface area contributed by atoms with Crippen LogP contribution in [0.5, 0.6) is 0 Å². The van der Waals surface area contributed by atoms with Gasteiger partial charge < -0.3 is 0 Å². The van der Waals surface area contributed by atoms with E-state index < -0.39 is 11.7 Å². The van der Waals surface area contributed by atoms with E-state index in [0.717, 1.165) is 48.9 Å². The van der Waals surface area contributed by atoms with E-state index in [9.17, 15) is 13.2 Å². The molecule has 0 aliphatic carbocycles. The zero-order chi connectivity index (χ0) is 20.4. The van der Waals surface area contributed by atoms with Gasteiger partial charge >= 0.3 is 6.18 Å². The highest BCUT2D eigenvalue weighted by molar-refractivity contribution is 5.30. The van der Waals surface area contributed by atoms with Crippen molar-refractivity contribution in [2.75, 3.05) is 6.54 Å². The second kappa shape index (κ2) is 7.99. The number of likely N-dealkylation sites (tertiary alicyclic amines) is 1. The quantitative estimate of drug-likeness (QED) is 0.619. The number of rotatable bonds is 5. The fraction of sp³-hybridized carbons (Fsp3) is 0.364. The first-order chi connectivity index (χ1) is 13.9. The average Bonchev–Trinajstić information content (AvgIpc) is 3.32. The van der Waals surface area contributed by atoms with Crippen molar-refractivity contribution in [2.24, 2.45) is 7.05 Å². The molecule has 0 spiro atoms. The Morgan fingerprint density at radius 1 is 1.10 bits per heavy atom. The molecule has 7 heteroatoms. The van der Waals surface area contributed by atoms with E-state index in [1.54, 1.807) is 18.5 Å². The summed E-state index contributed by atoms with van der Waals surface area (Å²) in [5.41, 5.74) is 3.10. The Labute approximate surface area is 168 Å². The molecule has 1 atom stereocenters. The summed E-state index contributed by atoms with van der Waals surface area (Å²) in [4.78, 5) is 7.05. The lowest BCUT2D eigenvalue weighted by molar-refractivity contribution is -0.137. The van der Waals surface area contributed by atoms with Gasteiger partial charge in [-0.15, -0.1) is 0 Å². The normalized spacial score (nSPS) is 17.7. The second-order valence-electron chi connectivity index (χ2n) is 7.54. The minimum Gasteiger partial charge on any atom is -0.289 e. The fourth-order valence-corrected chi connectivity index (χ4v) is 3.95. The first-order valence-corrected chi connectivity index (χ1v) is 9.72. The second-order valence-corrected chi connectivity index (χ2v) is 7.54. The Hall–Kier alpha value is -2.67. The number of hydrogen-bond donors (Lipinski definition) is 0. The van der Waals surface area contributed by atoms with Crippen molar-refractivity contribution in [3.8, 4) is 0 Å². The summed E-state index contributed by atoms with van der Waals surface area (Å²) in [6.07, 6.45) is 1.88. The maximum Gasteiger partial charge on any atom is 0.416 e. The molecule has 0 saturated carbocycles. The molecule has 1 aliphatic heterocycles. The maximum absolute atomic E-state index is 12.9. The smallest absolute Gasteiger partial charge is 0.289 e. The van der Waals surface area contributed by atoms with Crippen LogP contribution in [0, 0.1) is 0 Å². The third-order valence-corrected chi connectivity index (χ3v) is 5.50. The average molecular weight is 400 g/mol. The van der Waals surface area contributed by atoms with Gasteiger partial charge in [-0.05, 0) is 55.1 Å². The Bertz CT molecular complexity index is 963. The van der Waals surface area contributed by atoms with E-state index in [1.165, 1.54) is 12.1 Å². The van der Waals surface area contributed by atoms with Crippen LogP contribution in [-0.2, 0) is 26.2 Å². The van der Waals surface area contributed by atoms with Crippen LogP contribution in [0.4, 0.5) is 13.2 Å². The molecule has 3 aromatic rings. The molecular formula is C22H23F3N4. The largest absolute Gasteiger partial charge is 0.416 e. The molecule has 2 aromatic heterocycles. The molecule has 3 heterocycles. The van der Waals surface area contributed by atoms with Gasteiger partial charge in [0.2, 0.25) is 0 Å². The van der Waals surface area contributed by atoms with Gasteiger partial charge in [0.25, 0.3) is 0 Å². The number of aromatic nitrogens is 3. The molecule has 29 heavy (non-hydrogen) atoms. The summed E-state index contributed by atoms with van der Waals surface area (Å²) in [6.45, 7) is 1.85. The molecular weight excluding hydrogens is 377 g/mol. The van der Waals surface area contributed by atoms with E-state index in [0.29, 0.717) is 12.0 Å². The van der Waals surface area contributed by atoms with Gasteiger partial charge in [-0.2, -0.15) is 18.3 Å². The van der Waals surface area contributed by atoms with Gasteiger partial charge in [0.15, 0.2) is 0 Å². The summed E-state index contributed by atoms with van der Waals surface area (Å²) in [5, 5.41) is 4.23. The molecule has 1 saturated heterocycles. The lowest BCUT2D eigenvalue weighted by Crippen LogP contribution is -2.24. The predicted octanol–water partition coefficient (Wildman–Crippen LogP) is 4.76. The number of alkyl halides is 3. The van der Waals surface area contributed by atoms with Crippen LogP contribution in [0.25, 0.3) is 0 Å². The molecule has 0 N–H and O–H groups in total. The lowest BCUT2D eigenvalue weighted by Gasteiger charge is -2.24. The first kappa shape index (κ1) is 19.6. The predicted molar refractivity (Wildman–Crippen MR) is 104 cm³/mol. The maximum atomic E-state index is 12.9. The van der Waals surface area contributed by atoms with Crippen LogP contribution < -0.4 is 0 Å². The Morgan fingerprint density at radius 3 is 2.66 bits per heavy atom. The van der Waals surface area contributed by atoms with Gasteiger partial charge in [-0.3, -0.25) is 14.6 Å². The van der Waals surface area contributed by atoms with Gasteiger partial charge in [0.05, 0.1) is 23.0 Å². The molecule has 0 radical (unpaired) electrons. The monoisotopic (exact) mass is 400 g/mol. The molecule has 4 rings (SSSR count). The number of aryl methyl sites for hydroxylation is 1. The number of benzene rings is 1. The summed E-state index contributed by atoms with van der Waals surface area (Å²) < 4.78 is 40.6. The van der Waals surface area contributed by atoms with Crippen molar-refractivity contribution in [2.45, 2.75) is 38.0 Å². The molecule has 1 aliphatic rings. The molecule has 0 bridgehead atoms. The summed E-state index contributed by atoms with van der Waals surface area (Å²) in [6, 6.07) is 11.7.